The summed E-state index contributed by atoms with van der Waals surface area (Å²) in [6, 6.07) is 6.49. The Morgan fingerprint density at radius 1 is 1.18 bits per heavy atom. The van der Waals surface area contributed by atoms with Crippen LogP contribution in [0.4, 0.5) is 0 Å². The molecule has 2 atom stereocenters. The Morgan fingerprint density at radius 3 is 2.27 bits per heavy atom. The summed E-state index contributed by atoms with van der Waals surface area (Å²) in [5.41, 5.74) is 1.74. The van der Waals surface area contributed by atoms with Crippen LogP contribution in [0.25, 0.3) is 0 Å². The fourth-order valence-corrected chi connectivity index (χ4v) is 4.21. The van der Waals surface area contributed by atoms with E-state index in [1.165, 1.54) is 18.2 Å². The Morgan fingerprint density at radius 2 is 1.73 bits per heavy atom. The van der Waals surface area contributed by atoms with E-state index in [9.17, 15) is 13.2 Å². The third-order valence-corrected chi connectivity index (χ3v) is 7.60. The number of nitrogens with zero attached hydrogens (tertiary/aromatic N) is 1. The summed E-state index contributed by atoms with van der Waals surface area (Å²) in [6.07, 6.45) is 1.51. The second-order valence-corrected chi connectivity index (χ2v) is 9.56. The van der Waals surface area contributed by atoms with Gasteiger partial charge in [-0.3, -0.25) is 4.79 Å². The van der Waals surface area contributed by atoms with Gasteiger partial charge in [-0.1, -0.05) is 49.6 Å². The molecule has 7 heteroatoms. The van der Waals surface area contributed by atoms with Crippen molar-refractivity contribution in [3.63, 3.8) is 0 Å². The highest BCUT2D eigenvalue weighted by Crippen LogP contribution is 2.36. The number of ketones is 1. The first-order valence-electron chi connectivity index (χ1n) is 6.53. The molecule has 0 fully saturated rings. The van der Waals surface area contributed by atoms with E-state index in [1.54, 1.807) is 26.0 Å². The minimum atomic E-state index is -3.83. The smallest absolute Gasteiger partial charge is 0.282 e. The fraction of sp³-hybridized carbons (Fsp3) is 0.333. The van der Waals surface area contributed by atoms with E-state index in [4.69, 9.17) is 0 Å². The van der Waals surface area contributed by atoms with Crippen molar-refractivity contribution in [1.29, 1.82) is 0 Å². The molecule has 0 spiro atoms. The summed E-state index contributed by atoms with van der Waals surface area (Å²) in [7, 11) is -3.83. The zero-order chi connectivity index (χ0) is 16.7. The Bertz CT molecular complexity index is 778. The van der Waals surface area contributed by atoms with E-state index >= 15 is 0 Å². The summed E-state index contributed by atoms with van der Waals surface area (Å²) >= 11 is 6.74. The number of Topliss-reactive ketones (excluding diaryl/α,β-unsaturated/α-hetero) is 1. The van der Waals surface area contributed by atoms with Crippen molar-refractivity contribution >= 4 is 53.4 Å². The first-order valence-corrected chi connectivity index (χ1v) is 9.68. The largest absolute Gasteiger partial charge is 0.293 e. The van der Waals surface area contributed by atoms with Gasteiger partial charge >= 0.3 is 0 Å². The molecular formula is C15H15Br2NO3S. The van der Waals surface area contributed by atoms with Gasteiger partial charge in [-0.15, -0.1) is 0 Å². The standard InChI is InChI=1S/C15H15Br2NO3S/c1-9-4-6-11(7-5-9)22(20,21)18-12-8-10(2)13(19)14(16)15(12,3)17/h4-8,14H,1-3H3. The lowest BCUT2D eigenvalue weighted by Gasteiger charge is -2.31. The first kappa shape index (κ1) is 17.6. The molecule has 1 aromatic rings. The molecule has 0 bridgehead atoms. The van der Waals surface area contributed by atoms with E-state index in [0.717, 1.165) is 5.56 Å². The van der Waals surface area contributed by atoms with Crippen LogP contribution in [0, 0.1) is 6.92 Å². The monoisotopic (exact) mass is 447 g/mol. The lowest BCUT2D eigenvalue weighted by molar-refractivity contribution is -0.115. The van der Waals surface area contributed by atoms with Gasteiger partial charge in [0.25, 0.3) is 10.0 Å². The SMILES string of the molecule is CC1=CC(=NS(=O)(=O)c2ccc(C)cc2)C(C)(Br)C(Br)C1=O. The maximum atomic E-state index is 12.5. The van der Waals surface area contributed by atoms with Crippen LogP contribution in [0.2, 0.25) is 0 Å². The summed E-state index contributed by atoms with van der Waals surface area (Å²) in [5, 5.41) is 0. The zero-order valence-electron chi connectivity index (χ0n) is 12.3. The van der Waals surface area contributed by atoms with Crippen LogP contribution >= 0.6 is 31.9 Å². The third kappa shape index (κ3) is 3.26. The molecule has 1 aliphatic rings. The summed E-state index contributed by atoms with van der Waals surface area (Å²) < 4.78 is 28.0. The second-order valence-electron chi connectivity index (χ2n) is 5.39. The van der Waals surface area contributed by atoms with Crippen LogP contribution in [-0.4, -0.2) is 29.1 Å². The van der Waals surface area contributed by atoms with Gasteiger partial charge in [0.05, 0.1) is 19.8 Å². The van der Waals surface area contributed by atoms with Gasteiger partial charge in [0, 0.05) is 0 Å². The first-order chi connectivity index (χ1) is 10.1. The van der Waals surface area contributed by atoms with Crippen LogP contribution in [-0.2, 0) is 14.8 Å². The Hall–Kier alpha value is -0.790. The van der Waals surface area contributed by atoms with E-state index in [-0.39, 0.29) is 10.7 Å². The number of benzene rings is 1. The van der Waals surface area contributed by atoms with E-state index in [1.807, 2.05) is 6.92 Å². The predicted octanol–water partition coefficient (Wildman–Crippen LogP) is 3.57. The minimum absolute atomic E-state index is 0.0916. The molecule has 2 rings (SSSR count). The molecule has 4 nitrogen and oxygen atoms in total. The van der Waals surface area contributed by atoms with Crippen LogP contribution < -0.4 is 0 Å². The molecule has 0 radical (unpaired) electrons. The van der Waals surface area contributed by atoms with Crippen LogP contribution in [0.5, 0.6) is 0 Å². The number of sulfonamides is 1. The van der Waals surface area contributed by atoms with E-state index in [0.29, 0.717) is 11.3 Å². The molecule has 1 aromatic carbocycles. The van der Waals surface area contributed by atoms with Crippen LogP contribution in [0.15, 0.2) is 45.2 Å². The van der Waals surface area contributed by atoms with Crippen molar-refractivity contribution < 1.29 is 13.2 Å². The van der Waals surface area contributed by atoms with Gasteiger partial charge in [-0.2, -0.15) is 12.8 Å². The highest BCUT2D eigenvalue weighted by molar-refractivity contribution is 9.13. The van der Waals surface area contributed by atoms with Gasteiger partial charge in [0.15, 0.2) is 5.78 Å². The summed E-state index contributed by atoms with van der Waals surface area (Å²) in [4.78, 5) is 11.6. The maximum Gasteiger partial charge on any atom is 0.282 e. The van der Waals surface area contributed by atoms with Gasteiger partial charge < -0.3 is 0 Å². The van der Waals surface area contributed by atoms with Gasteiger partial charge in [-0.05, 0) is 44.6 Å². The van der Waals surface area contributed by atoms with Crippen molar-refractivity contribution in [3.05, 3.63) is 41.5 Å². The van der Waals surface area contributed by atoms with Crippen molar-refractivity contribution in [1.82, 2.24) is 0 Å². The Labute approximate surface area is 147 Å². The number of allylic oxidation sites excluding steroid dienone is 2. The topological polar surface area (TPSA) is 63.6 Å². The predicted molar refractivity (Wildman–Crippen MR) is 94.6 cm³/mol. The normalized spacial score (nSPS) is 27.9. The average molecular weight is 449 g/mol. The molecule has 118 valence electrons. The Balaban J connectivity index is 2.55. The van der Waals surface area contributed by atoms with Crippen LogP contribution in [0.1, 0.15) is 19.4 Å². The number of alkyl halides is 2. The highest BCUT2D eigenvalue weighted by atomic mass is 79.9. The molecule has 1 aliphatic carbocycles. The number of halogens is 2. The van der Waals surface area contributed by atoms with Crippen molar-refractivity contribution in [2.75, 3.05) is 0 Å². The number of rotatable bonds is 2. The van der Waals surface area contributed by atoms with Gasteiger partial charge in [0.1, 0.15) is 0 Å². The number of hydrogen-bond acceptors (Lipinski definition) is 3. The molecule has 0 N–H and O–H groups in total. The summed E-state index contributed by atoms with van der Waals surface area (Å²) in [5.74, 6) is -0.0916. The van der Waals surface area contributed by atoms with Gasteiger partial charge in [-0.25, -0.2) is 0 Å². The molecule has 2 unspecified atom stereocenters. The van der Waals surface area contributed by atoms with E-state index in [2.05, 4.69) is 36.3 Å². The quantitative estimate of drug-likeness (QED) is 0.649. The van der Waals surface area contributed by atoms with Crippen LogP contribution in [0.3, 0.4) is 0 Å². The van der Waals surface area contributed by atoms with Crippen molar-refractivity contribution in [3.8, 4) is 0 Å². The minimum Gasteiger partial charge on any atom is -0.293 e. The zero-order valence-corrected chi connectivity index (χ0v) is 16.3. The molecular weight excluding hydrogens is 434 g/mol. The lowest BCUT2D eigenvalue weighted by atomic mass is 9.89. The number of hydrogen-bond donors (Lipinski definition) is 0. The number of carbonyl (C=O) groups is 1. The lowest BCUT2D eigenvalue weighted by Crippen LogP contribution is -2.45. The molecule has 0 aromatic heterocycles. The van der Waals surface area contributed by atoms with Crippen molar-refractivity contribution in [2.45, 2.75) is 34.8 Å². The summed E-state index contributed by atoms with van der Waals surface area (Å²) in [6.45, 7) is 5.25. The third-order valence-electron chi connectivity index (χ3n) is 3.49. The maximum absolute atomic E-state index is 12.5. The fourth-order valence-electron chi connectivity index (χ4n) is 2.00. The van der Waals surface area contributed by atoms with Crippen molar-refractivity contribution in [2.24, 2.45) is 4.40 Å². The molecule has 22 heavy (non-hydrogen) atoms. The number of aryl methyl sites for hydroxylation is 1. The van der Waals surface area contributed by atoms with E-state index < -0.39 is 19.2 Å². The average Bonchev–Trinajstić information content (AvgIpc) is 2.43. The molecule has 0 heterocycles. The highest BCUT2D eigenvalue weighted by Gasteiger charge is 2.43. The molecule has 0 aliphatic heterocycles. The second kappa shape index (κ2) is 6.02. The molecule has 0 saturated carbocycles. The molecule has 0 amide bonds. The molecule has 0 saturated heterocycles. The number of carbonyl (C=O) groups excluding carboxylic acids is 1. The Kier molecular flexibility index (Phi) is 4.80. The van der Waals surface area contributed by atoms with Gasteiger partial charge in [0.2, 0.25) is 0 Å².